The number of hydrogen-bond donors (Lipinski definition) is 1. The van der Waals surface area contributed by atoms with Crippen molar-refractivity contribution in [2.75, 3.05) is 11.9 Å². The van der Waals surface area contributed by atoms with Crippen LogP contribution < -0.4 is 25.6 Å². The van der Waals surface area contributed by atoms with E-state index in [9.17, 15) is 0 Å². The minimum absolute atomic E-state index is 0.0259. The van der Waals surface area contributed by atoms with Gasteiger partial charge in [-0.2, -0.15) is 5.10 Å². The Morgan fingerprint density at radius 1 is 1.17 bits per heavy atom. The lowest BCUT2D eigenvalue weighted by Gasteiger charge is -2.27. The van der Waals surface area contributed by atoms with Gasteiger partial charge in [-0.3, -0.25) is 4.98 Å². The van der Waals surface area contributed by atoms with Crippen molar-refractivity contribution in [3.05, 3.63) is 81.3 Å². The van der Waals surface area contributed by atoms with Crippen LogP contribution >= 0.6 is 0 Å². The summed E-state index contributed by atoms with van der Waals surface area (Å²) >= 11 is 0. The first-order valence-electron chi connectivity index (χ1n) is 11.3. The molecule has 2 aromatic heterocycles. The van der Waals surface area contributed by atoms with Crippen LogP contribution in [0.3, 0.4) is 0 Å². The van der Waals surface area contributed by atoms with Crippen molar-refractivity contribution in [1.82, 2.24) is 25.4 Å². The number of anilines is 1. The smallest absolute Gasteiger partial charge is 0.322 e. The van der Waals surface area contributed by atoms with Crippen molar-refractivity contribution < 1.29 is 9.13 Å². The molecule has 0 radical (unpaired) electrons. The van der Waals surface area contributed by atoms with Gasteiger partial charge in [-0.05, 0) is 43.7 Å². The molecule has 5 heterocycles. The van der Waals surface area contributed by atoms with E-state index < -0.39 is 5.82 Å². The fourth-order valence-corrected chi connectivity index (χ4v) is 4.64. The summed E-state index contributed by atoms with van der Waals surface area (Å²) in [6, 6.07) is 3.68. The van der Waals surface area contributed by atoms with Gasteiger partial charge in [0, 0.05) is 47.0 Å². The molecule has 0 saturated heterocycles. The van der Waals surface area contributed by atoms with Gasteiger partial charge >= 0.3 is 6.01 Å². The molecule has 6 rings (SSSR count). The summed E-state index contributed by atoms with van der Waals surface area (Å²) in [7, 11) is 1.91. The maximum atomic E-state index is 16.2. The van der Waals surface area contributed by atoms with Gasteiger partial charge in [0.05, 0.1) is 29.8 Å². The van der Waals surface area contributed by atoms with Crippen LogP contribution in [-0.4, -0.2) is 27.0 Å². The molecule has 9 heteroatoms. The summed E-state index contributed by atoms with van der Waals surface area (Å²) in [6.45, 7) is 3.99. The molecule has 1 aliphatic carbocycles. The second-order valence-electron chi connectivity index (χ2n) is 8.59. The van der Waals surface area contributed by atoms with Crippen LogP contribution in [0.15, 0.2) is 41.9 Å². The number of nitrogens with zero attached hydrogens (tertiary/aromatic N) is 6. The first-order chi connectivity index (χ1) is 17.5. The van der Waals surface area contributed by atoms with Crippen molar-refractivity contribution in [3.8, 4) is 35.4 Å². The summed E-state index contributed by atoms with van der Waals surface area (Å²) in [5.41, 5.74) is 9.25. The predicted octanol–water partition coefficient (Wildman–Crippen LogP) is 2.81. The number of pyridine rings is 1. The molecule has 4 aliphatic rings. The van der Waals surface area contributed by atoms with Crippen molar-refractivity contribution in [1.29, 1.82) is 0 Å². The summed E-state index contributed by atoms with van der Waals surface area (Å²) in [5, 5.41) is 5.43. The average Bonchev–Trinajstić information content (AvgIpc) is 3.27. The van der Waals surface area contributed by atoms with Crippen molar-refractivity contribution in [2.45, 2.75) is 20.4 Å². The molecule has 176 valence electrons. The Kier molecular flexibility index (Phi) is 4.90. The molecule has 2 aromatic rings. The third-order valence-corrected chi connectivity index (χ3v) is 6.36. The average molecular weight is 478 g/mol. The highest BCUT2D eigenvalue weighted by atomic mass is 19.1. The Morgan fingerprint density at radius 2 is 2.03 bits per heavy atom. The summed E-state index contributed by atoms with van der Waals surface area (Å²) in [5.74, 6) is 2.08. The van der Waals surface area contributed by atoms with E-state index in [4.69, 9.17) is 11.2 Å². The van der Waals surface area contributed by atoms with E-state index in [1.807, 2.05) is 44.0 Å². The van der Waals surface area contributed by atoms with Gasteiger partial charge in [0.2, 0.25) is 0 Å². The van der Waals surface area contributed by atoms with E-state index in [0.717, 1.165) is 16.8 Å². The van der Waals surface area contributed by atoms with Crippen LogP contribution in [0, 0.1) is 32.0 Å². The number of halogens is 1. The predicted molar refractivity (Wildman–Crippen MR) is 133 cm³/mol. The van der Waals surface area contributed by atoms with E-state index in [1.54, 1.807) is 24.7 Å². The molecule has 0 atom stereocenters. The number of rotatable bonds is 3. The van der Waals surface area contributed by atoms with Gasteiger partial charge in [0.15, 0.2) is 11.6 Å². The molecular weight excluding hydrogens is 457 g/mol. The highest BCUT2D eigenvalue weighted by Gasteiger charge is 2.31. The van der Waals surface area contributed by atoms with Gasteiger partial charge in [0.25, 0.3) is 0 Å². The maximum absolute atomic E-state index is 16.2. The second kappa shape index (κ2) is 8.13. The Hall–Kier alpha value is -4.84. The number of allylic oxidation sites excluding steroid dienone is 1. The zero-order valence-electron chi connectivity index (χ0n) is 19.8. The van der Waals surface area contributed by atoms with Crippen molar-refractivity contribution >= 4 is 17.5 Å². The monoisotopic (exact) mass is 477 g/mol. The third kappa shape index (κ3) is 3.26. The largest absolute Gasteiger partial charge is 0.420 e. The molecule has 36 heavy (non-hydrogen) atoms. The SMILES string of the molecule is C#Cc1cc(C)c(C2=CC=c3c(Oc4nccc(C)n4)c(F)c4c5c(cnc-5c3N2C)=NNC4)cn1. The third-order valence-electron chi connectivity index (χ3n) is 6.36. The minimum Gasteiger partial charge on any atom is -0.420 e. The number of fused-ring (bicyclic) bond motifs is 2. The Balaban J connectivity index is 1.65. The molecule has 0 saturated carbocycles. The molecule has 0 bridgehead atoms. The normalized spacial score (nSPS) is 13.6. The lowest BCUT2D eigenvalue weighted by molar-refractivity contribution is 0.404. The molecule has 0 spiro atoms. The van der Waals surface area contributed by atoms with E-state index >= 15 is 4.39 Å². The van der Waals surface area contributed by atoms with Crippen LogP contribution in [0.5, 0.6) is 11.8 Å². The molecule has 0 aromatic carbocycles. The van der Waals surface area contributed by atoms with Crippen LogP contribution in [0.4, 0.5) is 10.1 Å². The molecule has 3 aliphatic heterocycles. The quantitative estimate of drug-likeness (QED) is 0.454. The molecule has 8 nitrogen and oxygen atoms in total. The molecular formula is C27H20FN7O. The Labute approximate surface area is 206 Å². The zero-order chi connectivity index (χ0) is 25.0. The number of aryl methyl sites for hydroxylation is 2. The minimum atomic E-state index is -0.513. The number of aromatic nitrogens is 4. The molecule has 0 amide bonds. The fourth-order valence-electron chi connectivity index (χ4n) is 4.64. The number of hydrogen-bond acceptors (Lipinski definition) is 8. The molecule has 1 N–H and O–H groups in total. The number of nitrogens with one attached hydrogen (secondary N) is 1. The lowest BCUT2D eigenvalue weighted by atomic mass is 10.0. The number of terminal acetylenes is 1. The standard InChI is InChI=1S/C27H20FN7O/c1-5-16-10-14(2)18(11-30-16)21-7-6-17-25(35(21)4)24-22-19(12-32-34-20(22)13-31-24)23(28)26(17)36-27-29-9-8-15(3)33-27/h1,6-11,13,32H,12H2,2-4H3. The van der Waals surface area contributed by atoms with E-state index in [1.165, 1.54) is 0 Å². The van der Waals surface area contributed by atoms with Gasteiger partial charge in [0.1, 0.15) is 11.1 Å². The first-order valence-corrected chi connectivity index (χ1v) is 11.3. The maximum Gasteiger partial charge on any atom is 0.322 e. The molecule has 0 unspecified atom stereocenters. The lowest BCUT2D eigenvalue weighted by Crippen LogP contribution is -2.27. The summed E-state index contributed by atoms with van der Waals surface area (Å²) < 4.78 is 22.3. The highest BCUT2D eigenvalue weighted by Crippen LogP contribution is 2.38. The van der Waals surface area contributed by atoms with Gasteiger partial charge in [-0.25, -0.2) is 19.3 Å². The molecule has 0 fully saturated rings. The highest BCUT2D eigenvalue weighted by molar-refractivity contribution is 5.93. The summed E-state index contributed by atoms with van der Waals surface area (Å²) in [6.07, 6.45) is 14.2. The van der Waals surface area contributed by atoms with E-state index in [-0.39, 0.29) is 18.3 Å². The van der Waals surface area contributed by atoms with E-state index in [2.05, 4.69) is 36.4 Å². The van der Waals surface area contributed by atoms with Crippen LogP contribution in [0.2, 0.25) is 0 Å². The summed E-state index contributed by atoms with van der Waals surface area (Å²) in [4.78, 5) is 19.5. The van der Waals surface area contributed by atoms with Crippen molar-refractivity contribution in [2.24, 2.45) is 5.10 Å². The van der Waals surface area contributed by atoms with E-state index in [0.29, 0.717) is 44.5 Å². The zero-order valence-corrected chi connectivity index (χ0v) is 19.8. The second-order valence-corrected chi connectivity index (χ2v) is 8.59. The van der Waals surface area contributed by atoms with Gasteiger partial charge in [-0.1, -0.05) is 5.92 Å². The van der Waals surface area contributed by atoms with Gasteiger partial charge < -0.3 is 15.1 Å². The topological polar surface area (TPSA) is 88.4 Å². The Morgan fingerprint density at radius 3 is 2.81 bits per heavy atom. The van der Waals surface area contributed by atoms with Crippen LogP contribution in [0.25, 0.3) is 23.0 Å². The Bertz CT molecular complexity index is 1740. The van der Waals surface area contributed by atoms with Crippen molar-refractivity contribution in [3.63, 3.8) is 0 Å². The first kappa shape index (κ1) is 21.7. The van der Waals surface area contributed by atoms with Crippen LogP contribution in [-0.2, 0) is 6.54 Å². The number of ether oxygens (including phenoxy) is 1. The fraction of sp³-hybridized carbons (Fsp3) is 0.148. The van der Waals surface area contributed by atoms with Crippen LogP contribution in [0.1, 0.15) is 28.1 Å². The van der Waals surface area contributed by atoms with Gasteiger partial charge in [-0.15, -0.1) is 6.42 Å².